The second-order valence-corrected chi connectivity index (χ2v) is 5.25. The van der Waals surface area contributed by atoms with Crippen molar-refractivity contribution in [3.63, 3.8) is 0 Å². The number of carbonyl (C=O) groups is 2. The molecule has 0 saturated heterocycles. The standard InChI is InChI=1S/C18H19NO3/c1-12-4-5-13(2)17(10-12)19-18(21)14(3)22-16-8-6-15(11-20)7-9-16/h4-11,14H,1-3H3,(H,19,21). The van der Waals surface area contributed by atoms with Gasteiger partial charge >= 0.3 is 0 Å². The molecule has 1 N–H and O–H groups in total. The quantitative estimate of drug-likeness (QED) is 0.859. The van der Waals surface area contributed by atoms with Gasteiger partial charge in [-0.3, -0.25) is 9.59 Å². The van der Waals surface area contributed by atoms with E-state index in [0.29, 0.717) is 11.3 Å². The highest BCUT2D eigenvalue weighted by Crippen LogP contribution is 2.18. The molecule has 0 fully saturated rings. The Morgan fingerprint density at radius 1 is 1.14 bits per heavy atom. The second kappa shape index (κ2) is 6.89. The molecule has 1 unspecified atom stereocenters. The van der Waals surface area contributed by atoms with Gasteiger partial charge in [0.05, 0.1) is 0 Å². The number of nitrogens with one attached hydrogen (secondary N) is 1. The fraction of sp³-hybridized carbons (Fsp3) is 0.222. The van der Waals surface area contributed by atoms with E-state index >= 15 is 0 Å². The highest BCUT2D eigenvalue weighted by atomic mass is 16.5. The van der Waals surface area contributed by atoms with E-state index in [1.54, 1.807) is 31.2 Å². The van der Waals surface area contributed by atoms with Crippen LogP contribution in [0.5, 0.6) is 5.75 Å². The molecule has 1 amide bonds. The zero-order valence-corrected chi connectivity index (χ0v) is 12.9. The number of aldehydes is 1. The van der Waals surface area contributed by atoms with Crippen LogP contribution in [0, 0.1) is 13.8 Å². The van der Waals surface area contributed by atoms with Gasteiger partial charge < -0.3 is 10.1 Å². The summed E-state index contributed by atoms with van der Waals surface area (Å²) in [5.41, 5.74) is 3.44. The number of aryl methyl sites for hydroxylation is 2. The van der Waals surface area contributed by atoms with Crippen LogP contribution in [0.4, 0.5) is 5.69 Å². The minimum Gasteiger partial charge on any atom is -0.481 e. The lowest BCUT2D eigenvalue weighted by Crippen LogP contribution is -2.30. The van der Waals surface area contributed by atoms with Gasteiger partial charge in [-0.05, 0) is 62.2 Å². The fourth-order valence-corrected chi connectivity index (χ4v) is 1.99. The first-order valence-corrected chi connectivity index (χ1v) is 7.09. The molecule has 0 heterocycles. The molecule has 0 saturated carbocycles. The van der Waals surface area contributed by atoms with Crippen molar-refractivity contribution in [2.45, 2.75) is 26.9 Å². The van der Waals surface area contributed by atoms with Crippen molar-refractivity contribution in [2.75, 3.05) is 5.32 Å². The van der Waals surface area contributed by atoms with Gasteiger partial charge in [0.25, 0.3) is 5.91 Å². The van der Waals surface area contributed by atoms with Gasteiger partial charge in [0.15, 0.2) is 6.10 Å². The third-order valence-electron chi connectivity index (χ3n) is 3.35. The van der Waals surface area contributed by atoms with E-state index in [0.717, 1.165) is 23.1 Å². The molecule has 2 aromatic carbocycles. The Labute approximate surface area is 130 Å². The molecule has 1 atom stereocenters. The molecule has 0 aliphatic rings. The summed E-state index contributed by atoms with van der Waals surface area (Å²) in [5.74, 6) is 0.336. The molecule has 0 aliphatic carbocycles. The summed E-state index contributed by atoms with van der Waals surface area (Å²) in [5, 5.41) is 2.87. The average molecular weight is 297 g/mol. The van der Waals surface area contributed by atoms with Gasteiger partial charge in [-0.1, -0.05) is 12.1 Å². The van der Waals surface area contributed by atoms with Crippen LogP contribution < -0.4 is 10.1 Å². The van der Waals surface area contributed by atoms with Gasteiger partial charge in [-0.2, -0.15) is 0 Å². The Morgan fingerprint density at radius 2 is 1.82 bits per heavy atom. The Hall–Kier alpha value is -2.62. The largest absolute Gasteiger partial charge is 0.481 e. The number of anilines is 1. The maximum atomic E-state index is 12.2. The van der Waals surface area contributed by atoms with E-state index < -0.39 is 6.10 Å². The van der Waals surface area contributed by atoms with Crippen LogP contribution in [0.1, 0.15) is 28.4 Å². The Morgan fingerprint density at radius 3 is 2.45 bits per heavy atom. The van der Waals surface area contributed by atoms with Crippen LogP contribution in [0.2, 0.25) is 0 Å². The first-order chi connectivity index (χ1) is 10.5. The van der Waals surface area contributed by atoms with Crippen LogP contribution in [0.3, 0.4) is 0 Å². The third kappa shape index (κ3) is 3.95. The first-order valence-electron chi connectivity index (χ1n) is 7.09. The van der Waals surface area contributed by atoms with E-state index in [1.807, 2.05) is 32.0 Å². The summed E-state index contributed by atoms with van der Waals surface area (Å²) in [6, 6.07) is 12.5. The number of ether oxygens (including phenoxy) is 1. The molecule has 114 valence electrons. The maximum absolute atomic E-state index is 12.2. The number of hydrogen-bond donors (Lipinski definition) is 1. The Bertz CT molecular complexity index is 677. The molecule has 22 heavy (non-hydrogen) atoms. The van der Waals surface area contributed by atoms with Gasteiger partial charge in [-0.25, -0.2) is 0 Å². The third-order valence-corrected chi connectivity index (χ3v) is 3.35. The van der Waals surface area contributed by atoms with E-state index in [9.17, 15) is 9.59 Å². The highest BCUT2D eigenvalue weighted by molar-refractivity contribution is 5.94. The topological polar surface area (TPSA) is 55.4 Å². The minimum absolute atomic E-state index is 0.215. The molecule has 2 aromatic rings. The summed E-state index contributed by atoms with van der Waals surface area (Å²) < 4.78 is 5.59. The van der Waals surface area contributed by atoms with Gasteiger partial charge in [0, 0.05) is 11.3 Å². The van der Waals surface area contributed by atoms with Crippen LogP contribution >= 0.6 is 0 Å². The Balaban J connectivity index is 2.02. The van der Waals surface area contributed by atoms with Crippen molar-refractivity contribution in [3.8, 4) is 5.75 Å². The molecular weight excluding hydrogens is 278 g/mol. The monoisotopic (exact) mass is 297 g/mol. The van der Waals surface area contributed by atoms with E-state index in [4.69, 9.17) is 4.74 Å². The molecule has 0 bridgehead atoms. The molecule has 0 radical (unpaired) electrons. The summed E-state index contributed by atoms with van der Waals surface area (Å²) in [6.07, 6.45) is 0.127. The lowest BCUT2D eigenvalue weighted by atomic mass is 10.1. The summed E-state index contributed by atoms with van der Waals surface area (Å²) in [7, 11) is 0. The van der Waals surface area contributed by atoms with Crippen LogP contribution in [-0.4, -0.2) is 18.3 Å². The van der Waals surface area contributed by atoms with Crippen LogP contribution in [0.25, 0.3) is 0 Å². The number of amides is 1. The maximum Gasteiger partial charge on any atom is 0.265 e. The number of carbonyl (C=O) groups excluding carboxylic acids is 2. The van der Waals surface area contributed by atoms with Crippen molar-refractivity contribution >= 4 is 17.9 Å². The minimum atomic E-state index is -0.637. The number of rotatable bonds is 5. The zero-order chi connectivity index (χ0) is 16.1. The van der Waals surface area contributed by atoms with Crippen LogP contribution in [0.15, 0.2) is 42.5 Å². The Kier molecular flexibility index (Phi) is 4.94. The van der Waals surface area contributed by atoms with Gasteiger partial charge in [-0.15, -0.1) is 0 Å². The fourth-order valence-electron chi connectivity index (χ4n) is 1.99. The molecular formula is C18H19NO3. The smallest absolute Gasteiger partial charge is 0.265 e. The second-order valence-electron chi connectivity index (χ2n) is 5.25. The SMILES string of the molecule is Cc1ccc(C)c(NC(=O)C(C)Oc2ccc(C=O)cc2)c1. The predicted octanol–water partition coefficient (Wildman–Crippen LogP) is 3.52. The first kappa shape index (κ1) is 15.8. The highest BCUT2D eigenvalue weighted by Gasteiger charge is 2.15. The molecule has 4 heteroatoms. The normalized spacial score (nSPS) is 11.6. The van der Waals surface area contributed by atoms with Crippen molar-refractivity contribution < 1.29 is 14.3 Å². The van der Waals surface area contributed by atoms with Gasteiger partial charge in [0.1, 0.15) is 12.0 Å². The molecule has 0 aromatic heterocycles. The summed E-state index contributed by atoms with van der Waals surface area (Å²) in [4.78, 5) is 22.8. The molecule has 2 rings (SSSR count). The van der Waals surface area contributed by atoms with Crippen molar-refractivity contribution in [3.05, 3.63) is 59.2 Å². The predicted molar refractivity (Wildman–Crippen MR) is 86.5 cm³/mol. The van der Waals surface area contributed by atoms with E-state index in [2.05, 4.69) is 5.32 Å². The number of benzene rings is 2. The van der Waals surface area contributed by atoms with Crippen molar-refractivity contribution in [1.29, 1.82) is 0 Å². The van der Waals surface area contributed by atoms with Crippen LogP contribution in [-0.2, 0) is 4.79 Å². The van der Waals surface area contributed by atoms with E-state index in [-0.39, 0.29) is 5.91 Å². The lowest BCUT2D eigenvalue weighted by Gasteiger charge is -2.16. The molecule has 0 aliphatic heterocycles. The van der Waals surface area contributed by atoms with Crippen molar-refractivity contribution in [2.24, 2.45) is 0 Å². The van der Waals surface area contributed by atoms with Crippen molar-refractivity contribution in [1.82, 2.24) is 0 Å². The zero-order valence-electron chi connectivity index (χ0n) is 12.9. The summed E-state index contributed by atoms with van der Waals surface area (Å²) >= 11 is 0. The molecule has 4 nitrogen and oxygen atoms in total. The summed E-state index contributed by atoms with van der Waals surface area (Å²) in [6.45, 7) is 5.61. The van der Waals surface area contributed by atoms with E-state index in [1.165, 1.54) is 0 Å². The molecule has 0 spiro atoms. The van der Waals surface area contributed by atoms with Gasteiger partial charge in [0.2, 0.25) is 0 Å². The lowest BCUT2D eigenvalue weighted by molar-refractivity contribution is -0.122. The average Bonchev–Trinajstić information content (AvgIpc) is 2.51. The number of hydrogen-bond acceptors (Lipinski definition) is 3.